The van der Waals surface area contributed by atoms with Crippen molar-refractivity contribution in [3.8, 4) is 5.75 Å². The van der Waals surface area contributed by atoms with Gasteiger partial charge in [-0.3, -0.25) is 19.2 Å². The van der Waals surface area contributed by atoms with Crippen molar-refractivity contribution < 1.29 is 22.9 Å². The Balaban J connectivity index is 2.37. The van der Waals surface area contributed by atoms with Gasteiger partial charge in [-0.1, -0.05) is 19.9 Å². The summed E-state index contributed by atoms with van der Waals surface area (Å²) in [4.78, 5) is 23.6. The summed E-state index contributed by atoms with van der Waals surface area (Å²) in [5.74, 6) is 0.448. The molecule has 9 nitrogen and oxygen atoms in total. The average molecular weight is 478 g/mol. The molecule has 10 heteroatoms. The molecular formula is C23H31N3O6S. The van der Waals surface area contributed by atoms with Crippen molar-refractivity contribution in [2.75, 3.05) is 17.7 Å². The number of hydrogen-bond donors (Lipinski definition) is 1. The van der Waals surface area contributed by atoms with Crippen molar-refractivity contribution >= 4 is 27.3 Å². The van der Waals surface area contributed by atoms with Crippen LogP contribution < -0.4 is 14.4 Å². The molecule has 0 saturated heterocycles. The van der Waals surface area contributed by atoms with Gasteiger partial charge in [0.1, 0.15) is 11.8 Å². The molecule has 2 aromatic rings. The maximum absolute atomic E-state index is 13.1. The van der Waals surface area contributed by atoms with Crippen LogP contribution in [0.2, 0.25) is 0 Å². The van der Waals surface area contributed by atoms with Crippen molar-refractivity contribution in [3.63, 3.8) is 0 Å². The van der Waals surface area contributed by atoms with Crippen molar-refractivity contribution in [2.24, 2.45) is 0 Å². The summed E-state index contributed by atoms with van der Waals surface area (Å²) in [6.07, 6.45) is 0.960. The van der Waals surface area contributed by atoms with E-state index < -0.39 is 32.9 Å². The lowest BCUT2D eigenvalue weighted by atomic mass is 9.93. The number of carbonyl (C=O) groups is 1. The molecule has 0 aromatic heterocycles. The van der Waals surface area contributed by atoms with E-state index in [0.717, 1.165) is 39.1 Å². The second-order valence-electron chi connectivity index (χ2n) is 8.35. The summed E-state index contributed by atoms with van der Waals surface area (Å²) in [6.45, 7) is 9.28. The number of nitrogens with zero attached hydrogens (tertiary/aromatic N) is 2. The minimum Gasteiger partial charge on any atom is -0.496 e. The lowest BCUT2D eigenvalue weighted by Gasteiger charge is -2.29. The fourth-order valence-corrected chi connectivity index (χ4v) is 4.94. The van der Waals surface area contributed by atoms with Crippen LogP contribution in [0.3, 0.4) is 0 Å². The molecule has 0 bridgehead atoms. The first-order chi connectivity index (χ1) is 15.3. The molecule has 0 aliphatic rings. The average Bonchev–Trinajstić information content (AvgIpc) is 2.72. The number of methoxy groups -OCH3 is 1. The van der Waals surface area contributed by atoms with Gasteiger partial charge < -0.3 is 10.1 Å². The largest absolute Gasteiger partial charge is 0.496 e. The number of non-ortho nitro benzene ring substituents is 1. The summed E-state index contributed by atoms with van der Waals surface area (Å²) < 4.78 is 31.4. The van der Waals surface area contributed by atoms with E-state index in [1.807, 2.05) is 39.8 Å². The van der Waals surface area contributed by atoms with Gasteiger partial charge in [0.2, 0.25) is 15.9 Å². The molecule has 0 saturated carbocycles. The first-order valence-corrected chi connectivity index (χ1v) is 12.3. The number of nitro groups is 1. The van der Waals surface area contributed by atoms with E-state index in [1.165, 1.54) is 25.1 Å². The van der Waals surface area contributed by atoms with Crippen LogP contribution in [0.5, 0.6) is 5.75 Å². The number of benzene rings is 2. The molecule has 0 spiro atoms. The fourth-order valence-electron chi connectivity index (χ4n) is 3.77. The number of ether oxygens (including phenoxy) is 1. The Hall–Kier alpha value is -3.14. The SMILES string of the molecule is COc1cc(C)c(C(C)NC(=O)C(C)N(c2cccc([N+](=O)[O-])c2)S(C)(=O)=O)cc1C(C)C. The molecule has 2 atom stereocenters. The molecule has 0 radical (unpaired) electrons. The highest BCUT2D eigenvalue weighted by Crippen LogP contribution is 2.32. The Bertz CT molecular complexity index is 1150. The minimum absolute atomic E-state index is 0.0460. The molecule has 0 aliphatic heterocycles. The van der Waals surface area contributed by atoms with Gasteiger partial charge in [-0.05, 0) is 61.6 Å². The molecule has 0 heterocycles. The van der Waals surface area contributed by atoms with Gasteiger partial charge in [0, 0.05) is 12.1 Å². The number of aryl methyl sites for hydroxylation is 1. The highest BCUT2D eigenvalue weighted by molar-refractivity contribution is 7.92. The van der Waals surface area contributed by atoms with Crippen LogP contribution in [0.1, 0.15) is 56.3 Å². The predicted octanol–water partition coefficient (Wildman–Crippen LogP) is 4.07. The van der Waals surface area contributed by atoms with Gasteiger partial charge >= 0.3 is 0 Å². The summed E-state index contributed by atoms with van der Waals surface area (Å²) in [5.41, 5.74) is 2.60. The van der Waals surface area contributed by atoms with Crippen LogP contribution in [0.4, 0.5) is 11.4 Å². The Morgan fingerprint density at radius 1 is 1.12 bits per heavy atom. The van der Waals surface area contributed by atoms with E-state index in [-0.39, 0.29) is 17.3 Å². The molecule has 0 fully saturated rings. The smallest absolute Gasteiger partial charge is 0.271 e. The number of hydrogen-bond acceptors (Lipinski definition) is 6. The highest BCUT2D eigenvalue weighted by atomic mass is 32.2. The van der Waals surface area contributed by atoms with Crippen LogP contribution in [-0.2, 0) is 14.8 Å². The number of nitro benzene ring substituents is 1. The fraction of sp³-hybridized carbons (Fsp3) is 0.435. The second kappa shape index (κ2) is 10.2. The summed E-state index contributed by atoms with van der Waals surface area (Å²) in [6, 6.07) is 7.57. The van der Waals surface area contributed by atoms with Crippen molar-refractivity contribution in [1.82, 2.24) is 5.32 Å². The van der Waals surface area contributed by atoms with Crippen LogP contribution in [-0.4, -0.2) is 38.7 Å². The van der Waals surface area contributed by atoms with Gasteiger partial charge in [-0.25, -0.2) is 8.42 Å². The maximum atomic E-state index is 13.1. The standard InChI is InChI=1S/C23H31N3O6S/c1-14(2)20-13-21(15(3)11-22(20)32-6)16(4)24-23(27)17(5)25(33(7,30)31)18-9-8-10-19(12-18)26(28)29/h8-14,16-17H,1-7H3,(H,24,27). The van der Waals surface area contributed by atoms with E-state index in [9.17, 15) is 23.3 Å². The minimum atomic E-state index is -3.91. The molecular weight excluding hydrogens is 446 g/mol. The predicted molar refractivity (Wildman–Crippen MR) is 128 cm³/mol. The van der Waals surface area contributed by atoms with E-state index in [2.05, 4.69) is 5.32 Å². The van der Waals surface area contributed by atoms with Crippen LogP contribution in [0.15, 0.2) is 36.4 Å². The highest BCUT2D eigenvalue weighted by Gasteiger charge is 2.31. The first-order valence-electron chi connectivity index (χ1n) is 10.5. The molecule has 1 amide bonds. The molecule has 1 N–H and O–H groups in total. The summed E-state index contributed by atoms with van der Waals surface area (Å²) in [5, 5.41) is 14.0. The van der Waals surface area contributed by atoms with E-state index in [1.54, 1.807) is 7.11 Å². The van der Waals surface area contributed by atoms with Crippen LogP contribution >= 0.6 is 0 Å². The van der Waals surface area contributed by atoms with Crippen LogP contribution in [0, 0.1) is 17.0 Å². The lowest BCUT2D eigenvalue weighted by molar-refractivity contribution is -0.384. The number of anilines is 1. The maximum Gasteiger partial charge on any atom is 0.271 e. The Morgan fingerprint density at radius 3 is 2.27 bits per heavy atom. The van der Waals surface area contributed by atoms with E-state index in [0.29, 0.717) is 0 Å². The molecule has 2 unspecified atom stereocenters. The van der Waals surface area contributed by atoms with Gasteiger partial charge in [0.25, 0.3) is 5.69 Å². The third kappa shape index (κ3) is 6.01. The Kier molecular flexibility index (Phi) is 8.07. The molecule has 180 valence electrons. The van der Waals surface area contributed by atoms with E-state index >= 15 is 0 Å². The second-order valence-corrected chi connectivity index (χ2v) is 10.2. The Labute approximate surface area is 195 Å². The number of rotatable bonds is 9. The van der Waals surface area contributed by atoms with Crippen LogP contribution in [0.25, 0.3) is 0 Å². The lowest BCUT2D eigenvalue weighted by Crippen LogP contribution is -2.48. The van der Waals surface area contributed by atoms with Gasteiger partial charge in [-0.15, -0.1) is 0 Å². The molecule has 33 heavy (non-hydrogen) atoms. The normalized spacial score (nSPS) is 13.3. The number of sulfonamides is 1. The topological polar surface area (TPSA) is 119 Å². The molecule has 2 aromatic carbocycles. The monoisotopic (exact) mass is 477 g/mol. The third-order valence-corrected chi connectivity index (χ3v) is 6.69. The molecule has 0 aliphatic carbocycles. The summed E-state index contributed by atoms with van der Waals surface area (Å²) in [7, 11) is -2.29. The third-order valence-electron chi connectivity index (χ3n) is 5.45. The quantitative estimate of drug-likeness (QED) is 0.430. The summed E-state index contributed by atoms with van der Waals surface area (Å²) >= 11 is 0. The zero-order chi connectivity index (χ0) is 25.1. The first kappa shape index (κ1) is 26.1. The number of amides is 1. The van der Waals surface area contributed by atoms with Crippen molar-refractivity contribution in [3.05, 3.63) is 63.2 Å². The van der Waals surface area contributed by atoms with Gasteiger partial charge in [0.05, 0.1) is 30.0 Å². The zero-order valence-corrected chi connectivity index (χ0v) is 20.8. The van der Waals surface area contributed by atoms with Gasteiger partial charge in [0.15, 0.2) is 0 Å². The number of carbonyl (C=O) groups excluding carboxylic acids is 1. The van der Waals surface area contributed by atoms with Crippen molar-refractivity contribution in [2.45, 2.75) is 52.6 Å². The Morgan fingerprint density at radius 2 is 1.76 bits per heavy atom. The van der Waals surface area contributed by atoms with E-state index in [4.69, 9.17) is 4.74 Å². The number of nitrogens with one attached hydrogen (secondary N) is 1. The zero-order valence-electron chi connectivity index (χ0n) is 19.9. The van der Waals surface area contributed by atoms with Crippen molar-refractivity contribution in [1.29, 1.82) is 0 Å². The van der Waals surface area contributed by atoms with Gasteiger partial charge in [-0.2, -0.15) is 0 Å². The molecule has 2 rings (SSSR count).